The van der Waals surface area contributed by atoms with E-state index in [1.807, 2.05) is 0 Å². The van der Waals surface area contributed by atoms with Crippen molar-refractivity contribution in [1.82, 2.24) is 0 Å². The predicted molar refractivity (Wildman–Crippen MR) is 41.4 cm³/mol. The van der Waals surface area contributed by atoms with Gasteiger partial charge in [0.2, 0.25) is 0 Å². The molecule has 2 heteroatoms. The third-order valence-corrected chi connectivity index (χ3v) is 0. The van der Waals surface area contributed by atoms with Gasteiger partial charge in [-0.25, -0.2) is 0 Å². The van der Waals surface area contributed by atoms with E-state index in [0.29, 0.717) is 0 Å². The van der Waals surface area contributed by atoms with Crippen molar-refractivity contribution in [3.63, 3.8) is 0 Å². The first-order valence-corrected chi connectivity index (χ1v) is 2.83. The van der Waals surface area contributed by atoms with Crippen LogP contribution in [0.15, 0.2) is 0 Å². The van der Waals surface area contributed by atoms with E-state index >= 15 is 0 Å². The highest BCUT2D eigenvalue weighted by Gasteiger charge is 1.69. The van der Waals surface area contributed by atoms with Crippen molar-refractivity contribution < 1.29 is 10.2 Å². The van der Waals surface area contributed by atoms with Crippen LogP contribution >= 0.6 is 0 Å². The molecule has 0 rings (SSSR count). The Morgan fingerprint density at radius 3 is 0.778 bits per heavy atom. The third kappa shape index (κ3) is 43400. The molecule has 2 nitrogen and oxygen atoms in total. The highest BCUT2D eigenvalue weighted by molar-refractivity contribution is 4.21. The van der Waals surface area contributed by atoms with Crippen molar-refractivity contribution in [2.24, 2.45) is 0 Å². The Morgan fingerprint density at radius 2 is 0.778 bits per heavy atom. The minimum Gasteiger partial charge on any atom is -0.394 e. The van der Waals surface area contributed by atoms with Gasteiger partial charge in [0.1, 0.15) is 0 Å². The second kappa shape index (κ2) is 10.8. The molecule has 9 heavy (non-hydrogen) atoms. The van der Waals surface area contributed by atoms with Crippen molar-refractivity contribution in [3.8, 4) is 0 Å². The second-order valence-corrected chi connectivity index (χ2v) is 2.19. The molecule has 0 amide bonds. The Bertz CT molecular complexity index is 22.4. The molecule has 2 N–H and O–H groups in total. The molecule has 0 aromatic rings. The van der Waals surface area contributed by atoms with Gasteiger partial charge in [-0.2, -0.15) is 0 Å². The van der Waals surface area contributed by atoms with Crippen LogP contribution in [0.1, 0.15) is 35.1 Å². The minimum atomic E-state index is -0.167. The van der Waals surface area contributed by atoms with Crippen LogP contribution in [0.3, 0.4) is 0 Å². The van der Waals surface area contributed by atoms with E-state index in [2.05, 4.69) is 0 Å². The zero-order valence-corrected chi connectivity index (χ0v) is 6.05. The molecule has 0 heterocycles. The first-order chi connectivity index (χ1) is 3.46. The van der Waals surface area contributed by atoms with Gasteiger partial charge in [-0.15, -0.1) is 0 Å². The summed E-state index contributed by atoms with van der Waals surface area (Å²) in [6.07, 6.45) is -0.333. The molecule has 0 aliphatic carbocycles. The summed E-state index contributed by atoms with van der Waals surface area (Å²) in [6, 6.07) is 0. The molecule has 0 saturated heterocycles. The van der Waals surface area contributed by atoms with E-state index in [0.717, 1.165) is 0 Å². The summed E-state index contributed by atoms with van der Waals surface area (Å²) in [7, 11) is 0. The van der Waals surface area contributed by atoms with Crippen molar-refractivity contribution in [2.75, 3.05) is 0 Å². The molecule has 60 valence electrons. The molecular formula is C7H20O2. The van der Waals surface area contributed by atoms with E-state index in [1.165, 1.54) is 0 Å². The maximum Gasteiger partial charge on any atom is 0.0483 e. The molecule has 0 unspecified atom stereocenters. The zero-order valence-electron chi connectivity index (χ0n) is 6.05. The number of hydrogen-bond acceptors (Lipinski definition) is 2. The van der Waals surface area contributed by atoms with Gasteiger partial charge in [0, 0.05) is 12.2 Å². The summed E-state index contributed by atoms with van der Waals surface area (Å²) >= 11 is 0. The zero-order chi connectivity index (χ0) is 7.15. The molecule has 0 saturated carbocycles. The van der Waals surface area contributed by atoms with Crippen LogP contribution in [0.2, 0.25) is 0 Å². The van der Waals surface area contributed by atoms with E-state index in [4.69, 9.17) is 10.2 Å². The van der Waals surface area contributed by atoms with Crippen LogP contribution in [0.4, 0.5) is 0 Å². The highest BCUT2D eigenvalue weighted by Crippen LogP contribution is 1.65. The smallest absolute Gasteiger partial charge is 0.0483 e. The van der Waals surface area contributed by atoms with Crippen molar-refractivity contribution in [3.05, 3.63) is 0 Å². The third-order valence-electron chi connectivity index (χ3n) is 0. The molecule has 0 spiro atoms. The summed E-state index contributed by atoms with van der Waals surface area (Å²) in [5.41, 5.74) is 0. The maximum atomic E-state index is 8.06. The average Bonchev–Trinajstić information content (AvgIpc) is 1.25. The molecule has 0 aromatic heterocycles. The Balaban J connectivity index is -0.0000000720. The van der Waals surface area contributed by atoms with Gasteiger partial charge in [-0.05, 0) is 27.7 Å². The topological polar surface area (TPSA) is 40.5 Å². The van der Waals surface area contributed by atoms with E-state index in [9.17, 15) is 0 Å². The quantitative estimate of drug-likeness (QED) is 0.528. The van der Waals surface area contributed by atoms with Gasteiger partial charge in [-0.1, -0.05) is 7.43 Å². The van der Waals surface area contributed by atoms with E-state index in [-0.39, 0.29) is 19.6 Å². The monoisotopic (exact) mass is 136 g/mol. The first-order valence-electron chi connectivity index (χ1n) is 2.83. The fourth-order valence-electron chi connectivity index (χ4n) is 0. The number of rotatable bonds is 0. The van der Waals surface area contributed by atoms with Gasteiger partial charge < -0.3 is 10.2 Å². The first kappa shape index (κ1) is 16.0. The predicted octanol–water partition coefficient (Wildman–Crippen LogP) is 1.41. The molecule has 0 aromatic carbocycles. The minimum absolute atomic E-state index is 0. The van der Waals surface area contributed by atoms with Crippen LogP contribution in [0, 0.1) is 0 Å². The van der Waals surface area contributed by atoms with E-state index in [1.54, 1.807) is 27.7 Å². The maximum absolute atomic E-state index is 8.06. The van der Waals surface area contributed by atoms with Gasteiger partial charge in [-0.3, -0.25) is 0 Å². The highest BCUT2D eigenvalue weighted by atomic mass is 16.3. The number of aliphatic hydroxyl groups excluding tert-OH is 2. The lowest BCUT2D eigenvalue weighted by Crippen LogP contribution is -1.85. The normalized spacial score (nSPS) is 8.00. The largest absolute Gasteiger partial charge is 0.394 e. The van der Waals surface area contributed by atoms with Crippen LogP contribution < -0.4 is 0 Å². The van der Waals surface area contributed by atoms with E-state index < -0.39 is 0 Å². The number of aliphatic hydroxyl groups is 2. The Morgan fingerprint density at radius 1 is 0.778 bits per heavy atom. The molecule has 0 aliphatic heterocycles. The lowest BCUT2D eigenvalue weighted by atomic mass is 10.5. The summed E-state index contributed by atoms with van der Waals surface area (Å²) in [4.78, 5) is 0. The van der Waals surface area contributed by atoms with Gasteiger partial charge in [0.25, 0.3) is 0 Å². The van der Waals surface area contributed by atoms with Gasteiger partial charge in [0.15, 0.2) is 0 Å². The Hall–Kier alpha value is -0.0800. The molecular weight excluding hydrogens is 116 g/mol. The summed E-state index contributed by atoms with van der Waals surface area (Å²) in [5, 5.41) is 16.1. The summed E-state index contributed by atoms with van der Waals surface area (Å²) in [5.74, 6) is 0. The standard InChI is InChI=1S/2C3H8O.CH4/c2*1-3(2)4;/h2*3-4H,1-2H3;1H4. The van der Waals surface area contributed by atoms with Crippen LogP contribution in [-0.4, -0.2) is 22.4 Å². The fraction of sp³-hybridized carbons (Fsp3) is 1.00. The van der Waals surface area contributed by atoms with Crippen LogP contribution in [-0.2, 0) is 0 Å². The summed E-state index contributed by atoms with van der Waals surface area (Å²) in [6.45, 7) is 6.89. The fourth-order valence-corrected chi connectivity index (χ4v) is 0. The van der Waals surface area contributed by atoms with Crippen molar-refractivity contribution in [2.45, 2.75) is 47.3 Å². The summed E-state index contributed by atoms with van der Waals surface area (Å²) < 4.78 is 0. The van der Waals surface area contributed by atoms with Crippen molar-refractivity contribution in [1.29, 1.82) is 0 Å². The second-order valence-electron chi connectivity index (χ2n) is 2.19. The Labute approximate surface area is 58.5 Å². The average molecular weight is 136 g/mol. The van der Waals surface area contributed by atoms with Gasteiger partial charge >= 0.3 is 0 Å². The molecule has 0 aliphatic rings. The SMILES string of the molecule is C.CC(C)O.CC(C)O. The van der Waals surface area contributed by atoms with Crippen LogP contribution in [0.5, 0.6) is 0 Å². The van der Waals surface area contributed by atoms with Gasteiger partial charge in [0.05, 0.1) is 0 Å². The van der Waals surface area contributed by atoms with Crippen LogP contribution in [0.25, 0.3) is 0 Å². The molecule has 0 fully saturated rings. The molecule has 0 bridgehead atoms. The lowest BCUT2D eigenvalue weighted by molar-refractivity contribution is 0.215. The lowest BCUT2D eigenvalue weighted by Gasteiger charge is -1.80. The van der Waals surface area contributed by atoms with Crippen molar-refractivity contribution >= 4 is 0 Å². The Kier molecular flexibility index (Phi) is 19.2. The molecule has 0 atom stereocenters. The number of hydrogen-bond donors (Lipinski definition) is 2. The molecule has 0 radical (unpaired) electrons.